The van der Waals surface area contributed by atoms with Crippen LogP contribution in [-0.2, 0) is 10.8 Å². The molecule has 0 atom stereocenters. The summed E-state index contributed by atoms with van der Waals surface area (Å²) in [6.07, 6.45) is 2.52. The summed E-state index contributed by atoms with van der Waals surface area (Å²) in [4.78, 5) is 0. The summed E-state index contributed by atoms with van der Waals surface area (Å²) in [6.45, 7) is 12.2. The molecular weight excluding hydrogens is 230 g/mol. The van der Waals surface area contributed by atoms with Gasteiger partial charge in [0.1, 0.15) is 0 Å². The number of nitrogens with two attached hydrogens (primary N) is 1. The van der Waals surface area contributed by atoms with E-state index in [2.05, 4.69) is 58.9 Å². The molecule has 106 valence electrons. The van der Waals surface area contributed by atoms with Gasteiger partial charge < -0.3 is 5.73 Å². The van der Waals surface area contributed by atoms with Gasteiger partial charge in [-0.1, -0.05) is 58.9 Å². The van der Waals surface area contributed by atoms with E-state index in [1.807, 2.05) is 0 Å². The van der Waals surface area contributed by atoms with Crippen LogP contribution in [0.25, 0.3) is 0 Å². The van der Waals surface area contributed by atoms with E-state index >= 15 is 0 Å². The lowest BCUT2D eigenvalue weighted by molar-refractivity contribution is 0.106. The highest BCUT2D eigenvalue weighted by Crippen LogP contribution is 2.50. The second kappa shape index (κ2) is 4.94. The zero-order valence-corrected chi connectivity index (χ0v) is 13.2. The highest BCUT2D eigenvalue weighted by molar-refractivity contribution is 5.34. The fourth-order valence-corrected chi connectivity index (χ4v) is 3.26. The largest absolute Gasteiger partial charge is 0.330 e. The Morgan fingerprint density at radius 3 is 2.05 bits per heavy atom. The van der Waals surface area contributed by atoms with Gasteiger partial charge in [0.05, 0.1) is 0 Å². The van der Waals surface area contributed by atoms with E-state index in [0.717, 1.165) is 18.4 Å². The van der Waals surface area contributed by atoms with Gasteiger partial charge in [-0.3, -0.25) is 0 Å². The minimum absolute atomic E-state index is 0.231. The average molecular weight is 259 g/mol. The van der Waals surface area contributed by atoms with E-state index in [-0.39, 0.29) is 10.8 Å². The van der Waals surface area contributed by atoms with Gasteiger partial charge in [-0.2, -0.15) is 0 Å². The lowest BCUT2D eigenvalue weighted by Gasteiger charge is -2.49. The molecule has 1 saturated carbocycles. The highest BCUT2D eigenvalue weighted by Gasteiger charge is 2.45. The summed E-state index contributed by atoms with van der Waals surface area (Å²) < 4.78 is 0. The number of hydrogen-bond donors (Lipinski definition) is 1. The van der Waals surface area contributed by atoms with Gasteiger partial charge in [0, 0.05) is 12.0 Å². The van der Waals surface area contributed by atoms with Crippen molar-refractivity contribution >= 4 is 0 Å². The van der Waals surface area contributed by atoms with Crippen molar-refractivity contribution in [2.75, 3.05) is 6.54 Å². The number of rotatable bonds is 3. The summed E-state index contributed by atoms with van der Waals surface area (Å²) in [5, 5.41) is 0. The third-order valence-corrected chi connectivity index (χ3v) is 5.00. The quantitative estimate of drug-likeness (QED) is 0.863. The van der Waals surface area contributed by atoms with Gasteiger partial charge in [0.25, 0.3) is 0 Å². The molecule has 1 aliphatic rings. The van der Waals surface area contributed by atoms with Crippen molar-refractivity contribution in [3.05, 3.63) is 35.4 Å². The lowest BCUT2D eigenvalue weighted by atomic mass is 9.56. The molecule has 0 radical (unpaired) electrons. The predicted octanol–water partition coefficient (Wildman–Crippen LogP) is 4.25. The number of hydrogen-bond acceptors (Lipinski definition) is 1. The third-order valence-electron chi connectivity index (χ3n) is 5.00. The van der Waals surface area contributed by atoms with Crippen molar-refractivity contribution in [3.63, 3.8) is 0 Å². The molecule has 0 amide bonds. The molecule has 1 aromatic rings. The topological polar surface area (TPSA) is 26.0 Å². The normalized spacial score (nSPS) is 27.4. The molecule has 0 unspecified atom stereocenters. The highest BCUT2D eigenvalue weighted by atomic mass is 14.6. The molecule has 1 fully saturated rings. The molecular formula is C18H29N. The second-order valence-corrected chi connectivity index (χ2v) is 7.72. The minimum Gasteiger partial charge on any atom is -0.330 e. The molecule has 1 aromatic carbocycles. The molecule has 0 saturated heterocycles. The molecule has 1 heteroatoms. The Labute approximate surface area is 118 Å². The van der Waals surface area contributed by atoms with Crippen LogP contribution in [-0.4, -0.2) is 6.54 Å². The minimum atomic E-state index is 0.231. The number of benzene rings is 1. The Bertz CT molecular complexity index is 416. The van der Waals surface area contributed by atoms with Crippen LogP contribution in [0.3, 0.4) is 0 Å². The molecule has 0 bridgehead atoms. The summed E-state index contributed by atoms with van der Waals surface area (Å²) >= 11 is 0. The molecule has 2 N–H and O–H groups in total. The first kappa shape index (κ1) is 14.6. The zero-order valence-electron chi connectivity index (χ0n) is 13.2. The van der Waals surface area contributed by atoms with Crippen LogP contribution in [0.15, 0.2) is 24.3 Å². The molecule has 19 heavy (non-hydrogen) atoms. The van der Waals surface area contributed by atoms with Crippen LogP contribution in [0.1, 0.15) is 58.6 Å². The fraction of sp³-hybridized carbons (Fsp3) is 0.667. The van der Waals surface area contributed by atoms with Crippen molar-refractivity contribution < 1.29 is 0 Å². The van der Waals surface area contributed by atoms with E-state index in [9.17, 15) is 0 Å². The maximum Gasteiger partial charge on any atom is 0.00810 e. The molecule has 2 rings (SSSR count). The monoisotopic (exact) mass is 259 g/mol. The van der Waals surface area contributed by atoms with E-state index in [1.165, 1.54) is 24.0 Å². The second-order valence-electron chi connectivity index (χ2n) is 7.72. The third kappa shape index (κ3) is 2.72. The van der Waals surface area contributed by atoms with Gasteiger partial charge in [-0.15, -0.1) is 0 Å². The van der Waals surface area contributed by atoms with Gasteiger partial charge in [-0.05, 0) is 41.2 Å². The van der Waals surface area contributed by atoms with Crippen LogP contribution in [0.4, 0.5) is 0 Å². The van der Waals surface area contributed by atoms with Crippen LogP contribution >= 0.6 is 0 Å². The zero-order chi connectivity index (χ0) is 14.3. The first-order valence-electron chi connectivity index (χ1n) is 7.59. The van der Waals surface area contributed by atoms with Gasteiger partial charge >= 0.3 is 0 Å². The Kier molecular flexibility index (Phi) is 3.79. The van der Waals surface area contributed by atoms with Crippen molar-refractivity contribution in [3.8, 4) is 0 Å². The fourth-order valence-electron chi connectivity index (χ4n) is 3.26. The SMILES string of the molecule is CC(C)C1CC(CN)(c2ccc(C(C)(C)C)cc2)C1. The Hall–Kier alpha value is -0.820. The Balaban J connectivity index is 2.18. The van der Waals surface area contributed by atoms with Crippen molar-refractivity contribution in [2.45, 2.75) is 58.3 Å². The summed E-state index contributed by atoms with van der Waals surface area (Å²) in [5.74, 6) is 1.64. The van der Waals surface area contributed by atoms with Gasteiger partial charge in [-0.25, -0.2) is 0 Å². The van der Waals surface area contributed by atoms with Crippen LogP contribution in [0.5, 0.6) is 0 Å². The lowest BCUT2D eigenvalue weighted by Crippen LogP contribution is -2.48. The maximum atomic E-state index is 6.09. The predicted molar refractivity (Wildman–Crippen MR) is 83.4 cm³/mol. The van der Waals surface area contributed by atoms with Crippen LogP contribution in [0.2, 0.25) is 0 Å². The Morgan fingerprint density at radius 2 is 1.68 bits per heavy atom. The van der Waals surface area contributed by atoms with E-state index in [0.29, 0.717) is 0 Å². The molecule has 0 aliphatic heterocycles. The smallest absolute Gasteiger partial charge is 0.00810 e. The van der Waals surface area contributed by atoms with Crippen molar-refractivity contribution in [1.82, 2.24) is 0 Å². The van der Waals surface area contributed by atoms with E-state index < -0.39 is 0 Å². The van der Waals surface area contributed by atoms with Crippen molar-refractivity contribution in [2.24, 2.45) is 17.6 Å². The average Bonchev–Trinajstić information content (AvgIpc) is 2.27. The summed E-state index contributed by atoms with van der Waals surface area (Å²) in [6, 6.07) is 9.19. The standard InChI is InChI=1S/C18H29N/c1-13(2)14-10-18(11-14,12-19)16-8-6-15(7-9-16)17(3,4)5/h6-9,13-14H,10-12,19H2,1-5H3. The molecule has 0 heterocycles. The van der Waals surface area contributed by atoms with Crippen molar-refractivity contribution in [1.29, 1.82) is 0 Å². The molecule has 1 nitrogen and oxygen atoms in total. The van der Waals surface area contributed by atoms with Gasteiger partial charge in [0.15, 0.2) is 0 Å². The maximum absolute atomic E-state index is 6.09. The van der Waals surface area contributed by atoms with E-state index in [4.69, 9.17) is 5.73 Å². The molecule has 0 spiro atoms. The molecule has 0 aromatic heterocycles. The van der Waals surface area contributed by atoms with Crippen LogP contribution < -0.4 is 5.73 Å². The summed E-state index contributed by atoms with van der Waals surface area (Å²) in [5.41, 5.74) is 9.42. The summed E-state index contributed by atoms with van der Waals surface area (Å²) in [7, 11) is 0. The van der Waals surface area contributed by atoms with Gasteiger partial charge in [0.2, 0.25) is 0 Å². The first-order valence-corrected chi connectivity index (χ1v) is 7.59. The van der Waals surface area contributed by atoms with E-state index in [1.54, 1.807) is 0 Å². The first-order chi connectivity index (χ1) is 8.78. The van der Waals surface area contributed by atoms with Crippen LogP contribution in [0, 0.1) is 11.8 Å². The molecule has 1 aliphatic carbocycles. The Morgan fingerprint density at radius 1 is 1.16 bits per heavy atom.